The zero-order valence-corrected chi connectivity index (χ0v) is 16.2. The molecule has 4 saturated carbocycles. The van der Waals surface area contributed by atoms with Gasteiger partial charge >= 0.3 is 0 Å². The molecule has 4 aliphatic rings. The molecule has 4 rings (SSSR count). The lowest BCUT2D eigenvalue weighted by Crippen LogP contribution is -2.67. The van der Waals surface area contributed by atoms with Gasteiger partial charge < -0.3 is 16.2 Å². The second kappa shape index (κ2) is 5.69. The van der Waals surface area contributed by atoms with Crippen LogP contribution in [0.4, 0.5) is 0 Å². The van der Waals surface area contributed by atoms with Crippen LogP contribution in [0.25, 0.3) is 0 Å². The highest BCUT2D eigenvalue weighted by atomic mass is 16.3. The molecular formula is C21H36N2O2. The van der Waals surface area contributed by atoms with Gasteiger partial charge in [-0.05, 0) is 86.4 Å². The minimum Gasteiger partial charge on any atom is -0.393 e. The highest BCUT2D eigenvalue weighted by Crippen LogP contribution is 2.68. The largest absolute Gasteiger partial charge is 0.393 e. The standard InChI is InChI=1S/C21H36N2O2/c1-19-9-6-14(24)12-13(19)4-5-16-15(19)7-10-20(2)17(18(25)23-3)8-11-21(16,20)22/h13-17,24H,4-12,22H2,1-3H3,(H,23,25)/t13-,14+,15+,16-,17-,19+,20-,21+/m1/s1. The first kappa shape index (κ1) is 17.8. The monoisotopic (exact) mass is 348 g/mol. The van der Waals surface area contributed by atoms with Crippen LogP contribution in [0.5, 0.6) is 0 Å². The Hall–Kier alpha value is -0.610. The number of amides is 1. The molecule has 4 fully saturated rings. The van der Waals surface area contributed by atoms with Crippen molar-refractivity contribution in [2.45, 2.75) is 83.3 Å². The lowest BCUT2D eigenvalue weighted by atomic mass is 9.42. The Bertz CT molecular complexity index is 566. The number of fused-ring (bicyclic) bond motifs is 5. The maximum Gasteiger partial charge on any atom is 0.223 e. The number of carbonyl (C=O) groups excluding carboxylic acids is 1. The molecule has 8 atom stereocenters. The minimum atomic E-state index is -0.197. The Balaban J connectivity index is 1.66. The average molecular weight is 349 g/mol. The van der Waals surface area contributed by atoms with Gasteiger partial charge in [0.05, 0.1) is 6.10 Å². The molecule has 4 nitrogen and oxygen atoms in total. The van der Waals surface area contributed by atoms with Gasteiger partial charge in [0.1, 0.15) is 0 Å². The Morgan fingerprint density at radius 3 is 2.52 bits per heavy atom. The summed E-state index contributed by atoms with van der Waals surface area (Å²) in [5.74, 6) is 2.12. The SMILES string of the molecule is CNC(=O)[C@H]1CC[C@]2(N)[C@@H]3CC[C@@H]4C[C@@H](O)CC[C@]4(C)[C@H]3CC[C@]12C. The van der Waals surface area contributed by atoms with E-state index in [4.69, 9.17) is 5.73 Å². The van der Waals surface area contributed by atoms with Crippen LogP contribution in [-0.2, 0) is 4.79 Å². The van der Waals surface area contributed by atoms with Gasteiger partial charge in [-0.25, -0.2) is 0 Å². The Labute approximate surface area is 152 Å². The highest BCUT2D eigenvalue weighted by Gasteiger charge is 2.67. The number of hydrogen-bond donors (Lipinski definition) is 3. The van der Waals surface area contributed by atoms with Crippen LogP contribution in [0.2, 0.25) is 0 Å². The summed E-state index contributed by atoms with van der Waals surface area (Å²) in [6, 6.07) is 0. The van der Waals surface area contributed by atoms with E-state index < -0.39 is 0 Å². The second-order valence-corrected chi connectivity index (χ2v) is 10.1. The predicted molar refractivity (Wildman–Crippen MR) is 98.7 cm³/mol. The fourth-order valence-corrected chi connectivity index (χ4v) is 7.90. The van der Waals surface area contributed by atoms with E-state index in [-0.39, 0.29) is 28.9 Å². The van der Waals surface area contributed by atoms with E-state index in [1.54, 1.807) is 7.05 Å². The first-order valence-electron chi connectivity index (χ1n) is 10.4. The molecule has 0 heterocycles. The Kier molecular flexibility index (Phi) is 4.05. The van der Waals surface area contributed by atoms with Gasteiger partial charge in [0, 0.05) is 18.5 Å². The van der Waals surface area contributed by atoms with Crippen LogP contribution >= 0.6 is 0 Å². The zero-order valence-electron chi connectivity index (χ0n) is 16.2. The van der Waals surface area contributed by atoms with Crippen LogP contribution in [0, 0.1) is 34.5 Å². The fraction of sp³-hybridized carbons (Fsp3) is 0.952. The molecule has 0 aromatic rings. The van der Waals surface area contributed by atoms with E-state index >= 15 is 0 Å². The van der Waals surface area contributed by atoms with Crippen LogP contribution in [-0.4, -0.2) is 29.7 Å². The van der Waals surface area contributed by atoms with E-state index in [1.165, 1.54) is 19.3 Å². The van der Waals surface area contributed by atoms with E-state index in [2.05, 4.69) is 19.2 Å². The van der Waals surface area contributed by atoms with E-state index in [1.807, 2.05) is 0 Å². The van der Waals surface area contributed by atoms with E-state index in [0.29, 0.717) is 23.2 Å². The van der Waals surface area contributed by atoms with Crippen molar-refractivity contribution in [2.75, 3.05) is 7.05 Å². The molecule has 0 saturated heterocycles. The molecule has 4 N–H and O–H groups in total. The summed E-state index contributed by atoms with van der Waals surface area (Å²) >= 11 is 0. The molecule has 142 valence electrons. The molecule has 0 spiro atoms. The maximum absolute atomic E-state index is 12.5. The lowest BCUT2D eigenvalue weighted by molar-refractivity contribution is -0.146. The molecule has 4 heteroatoms. The quantitative estimate of drug-likeness (QED) is 0.682. The third kappa shape index (κ3) is 2.22. The van der Waals surface area contributed by atoms with Gasteiger partial charge in [0.15, 0.2) is 0 Å². The first-order chi connectivity index (χ1) is 11.8. The predicted octanol–water partition coefficient (Wildman–Crippen LogP) is 2.83. The molecule has 0 aromatic heterocycles. The normalized spacial score (nSPS) is 55.0. The zero-order chi connectivity index (χ0) is 18.0. The maximum atomic E-state index is 12.5. The molecule has 0 bridgehead atoms. The number of carbonyl (C=O) groups is 1. The summed E-state index contributed by atoms with van der Waals surface area (Å²) in [6.45, 7) is 4.78. The van der Waals surface area contributed by atoms with Crippen LogP contribution in [0.1, 0.15) is 71.6 Å². The molecular weight excluding hydrogens is 312 g/mol. The number of nitrogens with two attached hydrogens (primary N) is 1. The van der Waals surface area contributed by atoms with E-state index in [9.17, 15) is 9.90 Å². The summed E-state index contributed by atoms with van der Waals surface area (Å²) in [6.07, 6.45) is 9.58. The van der Waals surface area contributed by atoms with Gasteiger partial charge in [0.2, 0.25) is 5.91 Å². The van der Waals surface area contributed by atoms with Crippen LogP contribution in [0.3, 0.4) is 0 Å². The summed E-state index contributed by atoms with van der Waals surface area (Å²) in [5, 5.41) is 13.0. The molecule has 0 radical (unpaired) electrons. The number of aliphatic hydroxyl groups is 1. The number of hydrogen-bond acceptors (Lipinski definition) is 3. The van der Waals surface area contributed by atoms with Crippen molar-refractivity contribution in [3.63, 3.8) is 0 Å². The van der Waals surface area contributed by atoms with Gasteiger partial charge in [-0.15, -0.1) is 0 Å². The van der Waals surface area contributed by atoms with Gasteiger partial charge in [-0.2, -0.15) is 0 Å². The first-order valence-corrected chi connectivity index (χ1v) is 10.4. The summed E-state index contributed by atoms with van der Waals surface area (Å²) < 4.78 is 0. The number of rotatable bonds is 1. The minimum absolute atomic E-state index is 0.0639. The highest BCUT2D eigenvalue weighted by molar-refractivity contribution is 5.80. The molecule has 0 aromatic carbocycles. The number of aliphatic hydroxyl groups excluding tert-OH is 1. The molecule has 25 heavy (non-hydrogen) atoms. The second-order valence-electron chi connectivity index (χ2n) is 10.1. The summed E-state index contributed by atoms with van der Waals surface area (Å²) in [5.41, 5.74) is 7.29. The smallest absolute Gasteiger partial charge is 0.223 e. The van der Waals surface area contributed by atoms with Gasteiger partial charge in [0.25, 0.3) is 0 Å². The summed E-state index contributed by atoms with van der Waals surface area (Å²) in [7, 11) is 1.76. The Morgan fingerprint density at radius 2 is 1.80 bits per heavy atom. The summed E-state index contributed by atoms with van der Waals surface area (Å²) in [4.78, 5) is 12.5. The topological polar surface area (TPSA) is 75.4 Å². The van der Waals surface area contributed by atoms with Crippen LogP contribution in [0.15, 0.2) is 0 Å². The number of nitrogens with one attached hydrogen (secondary N) is 1. The van der Waals surface area contributed by atoms with Crippen molar-refractivity contribution in [3.05, 3.63) is 0 Å². The van der Waals surface area contributed by atoms with Crippen molar-refractivity contribution >= 4 is 5.91 Å². The van der Waals surface area contributed by atoms with Crippen molar-refractivity contribution in [1.29, 1.82) is 0 Å². The lowest BCUT2D eigenvalue weighted by Gasteiger charge is -2.64. The van der Waals surface area contributed by atoms with Crippen molar-refractivity contribution < 1.29 is 9.90 Å². The van der Waals surface area contributed by atoms with Crippen LogP contribution < -0.4 is 11.1 Å². The molecule has 1 amide bonds. The third-order valence-electron chi connectivity index (χ3n) is 9.54. The average Bonchev–Trinajstić information content (AvgIpc) is 2.86. The Morgan fingerprint density at radius 1 is 1.04 bits per heavy atom. The third-order valence-corrected chi connectivity index (χ3v) is 9.54. The fourth-order valence-electron chi connectivity index (χ4n) is 7.90. The molecule has 4 aliphatic carbocycles. The van der Waals surface area contributed by atoms with Gasteiger partial charge in [-0.3, -0.25) is 4.79 Å². The molecule has 0 aliphatic heterocycles. The van der Waals surface area contributed by atoms with Crippen molar-refractivity contribution in [3.8, 4) is 0 Å². The van der Waals surface area contributed by atoms with Gasteiger partial charge in [-0.1, -0.05) is 13.8 Å². The van der Waals surface area contributed by atoms with Crippen molar-refractivity contribution in [1.82, 2.24) is 5.32 Å². The van der Waals surface area contributed by atoms with E-state index in [0.717, 1.165) is 38.5 Å². The molecule has 0 unspecified atom stereocenters. The van der Waals surface area contributed by atoms with Crippen molar-refractivity contribution in [2.24, 2.45) is 40.2 Å².